The lowest BCUT2D eigenvalue weighted by atomic mass is 10.1. The Morgan fingerprint density at radius 2 is 1.95 bits per heavy atom. The van der Waals surface area contributed by atoms with Gasteiger partial charge in [-0.2, -0.15) is 0 Å². The maximum atomic E-state index is 12.4. The van der Waals surface area contributed by atoms with Gasteiger partial charge in [0, 0.05) is 6.04 Å². The van der Waals surface area contributed by atoms with Crippen LogP contribution in [0.1, 0.15) is 37.3 Å². The van der Waals surface area contributed by atoms with E-state index in [1.165, 1.54) is 4.31 Å². The number of aryl methyl sites for hydroxylation is 2. The molecule has 0 radical (unpaired) electrons. The van der Waals surface area contributed by atoms with Gasteiger partial charge in [0.25, 0.3) is 0 Å². The van der Waals surface area contributed by atoms with Crippen LogP contribution < -0.4 is 9.62 Å². The average molecular weight is 324 g/mol. The van der Waals surface area contributed by atoms with E-state index >= 15 is 0 Å². The Labute approximate surface area is 132 Å². The minimum atomic E-state index is -3.55. The van der Waals surface area contributed by atoms with Crippen LogP contribution in [0.4, 0.5) is 5.69 Å². The van der Waals surface area contributed by atoms with Crippen LogP contribution in [0, 0.1) is 13.8 Å². The SMILES string of the molecule is CC[C@@H](C(=O)NC1CC1)N(c1ccc(C)c(C)c1)S(C)(=O)=O. The highest BCUT2D eigenvalue weighted by atomic mass is 32.2. The van der Waals surface area contributed by atoms with Crippen LogP contribution in [0.15, 0.2) is 18.2 Å². The fourth-order valence-corrected chi connectivity index (χ4v) is 3.65. The molecule has 5 nitrogen and oxygen atoms in total. The maximum Gasteiger partial charge on any atom is 0.244 e. The molecule has 0 bridgehead atoms. The minimum absolute atomic E-state index is 0.211. The molecule has 0 saturated heterocycles. The van der Waals surface area contributed by atoms with Crippen LogP contribution in [-0.4, -0.2) is 32.7 Å². The number of carbonyl (C=O) groups excluding carboxylic acids is 1. The molecule has 6 heteroatoms. The van der Waals surface area contributed by atoms with Gasteiger partial charge in [-0.1, -0.05) is 13.0 Å². The Hall–Kier alpha value is -1.56. The number of carbonyl (C=O) groups is 1. The van der Waals surface area contributed by atoms with Crippen molar-refractivity contribution in [2.45, 2.75) is 52.1 Å². The van der Waals surface area contributed by atoms with Crippen LogP contribution in [0.25, 0.3) is 0 Å². The van der Waals surface area contributed by atoms with Gasteiger partial charge < -0.3 is 5.32 Å². The Bertz CT molecular complexity index is 666. The van der Waals surface area contributed by atoms with Crippen molar-refractivity contribution in [2.24, 2.45) is 0 Å². The number of nitrogens with one attached hydrogen (secondary N) is 1. The first-order valence-corrected chi connectivity index (χ1v) is 9.46. The molecule has 1 N–H and O–H groups in total. The van der Waals surface area contributed by atoms with Gasteiger partial charge in [-0.25, -0.2) is 8.42 Å². The molecule has 0 spiro atoms. The molecule has 122 valence electrons. The van der Waals surface area contributed by atoms with Gasteiger partial charge in [0.15, 0.2) is 0 Å². The van der Waals surface area contributed by atoms with Crippen molar-refractivity contribution in [3.63, 3.8) is 0 Å². The van der Waals surface area contributed by atoms with Crippen LogP contribution in [-0.2, 0) is 14.8 Å². The number of anilines is 1. The summed E-state index contributed by atoms with van der Waals surface area (Å²) in [6, 6.07) is 4.97. The smallest absolute Gasteiger partial charge is 0.244 e. The van der Waals surface area contributed by atoms with E-state index in [4.69, 9.17) is 0 Å². The summed E-state index contributed by atoms with van der Waals surface area (Å²) < 4.78 is 25.8. The normalized spacial score (nSPS) is 16.2. The number of amides is 1. The number of hydrogen-bond donors (Lipinski definition) is 1. The number of sulfonamides is 1. The standard InChI is InChI=1S/C16H24N2O3S/c1-5-15(16(19)17-13-7-8-13)18(22(4,20)21)14-9-6-11(2)12(3)10-14/h6,9-10,13,15H,5,7-8H2,1-4H3,(H,17,19)/t15-/m0/s1. The van der Waals surface area contributed by atoms with Gasteiger partial charge in [0.05, 0.1) is 11.9 Å². The first-order chi connectivity index (χ1) is 10.2. The highest BCUT2D eigenvalue weighted by Gasteiger charge is 2.34. The Morgan fingerprint density at radius 1 is 1.32 bits per heavy atom. The summed E-state index contributed by atoms with van der Waals surface area (Å²) in [5.41, 5.74) is 2.64. The van der Waals surface area contributed by atoms with Crippen molar-refractivity contribution in [3.8, 4) is 0 Å². The number of hydrogen-bond acceptors (Lipinski definition) is 3. The monoisotopic (exact) mass is 324 g/mol. The number of benzene rings is 1. The minimum Gasteiger partial charge on any atom is -0.352 e. The third-order valence-electron chi connectivity index (χ3n) is 4.00. The van der Waals surface area contributed by atoms with Crippen molar-refractivity contribution in [1.29, 1.82) is 0 Å². The molecule has 1 saturated carbocycles. The predicted octanol–water partition coefficient (Wildman–Crippen LogP) is 2.13. The van der Waals surface area contributed by atoms with Crippen molar-refractivity contribution in [1.82, 2.24) is 5.32 Å². The molecule has 0 aliphatic heterocycles. The van der Waals surface area contributed by atoms with Crippen LogP contribution >= 0.6 is 0 Å². The Kier molecular flexibility index (Phi) is 4.80. The quantitative estimate of drug-likeness (QED) is 0.871. The summed E-state index contributed by atoms with van der Waals surface area (Å²) in [5.74, 6) is -0.214. The molecular weight excluding hydrogens is 300 g/mol. The van der Waals surface area contributed by atoms with Crippen molar-refractivity contribution >= 4 is 21.6 Å². The molecule has 1 atom stereocenters. The van der Waals surface area contributed by atoms with E-state index in [1.807, 2.05) is 32.9 Å². The van der Waals surface area contributed by atoms with E-state index in [0.29, 0.717) is 12.1 Å². The van der Waals surface area contributed by atoms with Gasteiger partial charge in [0.1, 0.15) is 6.04 Å². The van der Waals surface area contributed by atoms with Gasteiger partial charge >= 0.3 is 0 Å². The third-order valence-corrected chi connectivity index (χ3v) is 5.18. The average Bonchev–Trinajstić information content (AvgIpc) is 3.21. The summed E-state index contributed by atoms with van der Waals surface area (Å²) in [6.45, 7) is 5.74. The van der Waals surface area contributed by atoms with Gasteiger partial charge in [-0.3, -0.25) is 9.10 Å². The lowest BCUT2D eigenvalue weighted by molar-refractivity contribution is -0.122. The van der Waals surface area contributed by atoms with Gasteiger partial charge in [0.2, 0.25) is 15.9 Å². The Balaban J connectivity index is 2.39. The second-order valence-corrected chi connectivity index (χ2v) is 7.89. The zero-order chi connectivity index (χ0) is 16.5. The molecule has 1 amide bonds. The Morgan fingerprint density at radius 3 is 2.41 bits per heavy atom. The molecule has 1 aromatic carbocycles. The second-order valence-electron chi connectivity index (χ2n) is 6.03. The lowest BCUT2D eigenvalue weighted by Crippen LogP contribution is -2.49. The first kappa shape index (κ1) is 16.8. The molecule has 22 heavy (non-hydrogen) atoms. The molecular formula is C16H24N2O3S. The summed E-state index contributed by atoms with van der Waals surface area (Å²) >= 11 is 0. The van der Waals surface area contributed by atoms with E-state index in [-0.39, 0.29) is 11.9 Å². The second kappa shape index (κ2) is 6.28. The molecule has 2 rings (SSSR count). The van der Waals surface area contributed by atoms with Crippen molar-refractivity contribution in [2.75, 3.05) is 10.6 Å². The van der Waals surface area contributed by atoms with E-state index in [1.54, 1.807) is 6.07 Å². The van der Waals surface area contributed by atoms with Crippen LogP contribution in [0.3, 0.4) is 0 Å². The highest BCUT2D eigenvalue weighted by Crippen LogP contribution is 2.26. The highest BCUT2D eigenvalue weighted by molar-refractivity contribution is 7.92. The zero-order valence-corrected chi connectivity index (χ0v) is 14.4. The van der Waals surface area contributed by atoms with Crippen molar-refractivity contribution in [3.05, 3.63) is 29.3 Å². The number of rotatable bonds is 6. The lowest BCUT2D eigenvalue weighted by Gasteiger charge is -2.30. The topological polar surface area (TPSA) is 66.5 Å². The fourth-order valence-electron chi connectivity index (χ4n) is 2.45. The predicted molar refractivity (Wildman–Crippen MR) is 88.5 cm³/mol. The largest absolute Gasteiger partial charge is 0.352 e. The van der Waals surface area contributed by atoms with E-state index in [2.05, 4.69) is 5.32 Å². The summed E-state index contributed by atoms with van der Waals surface area (Å²) in [4.78, 5) is 12.4. The third kappa shape index (κ3) is 3.80. The van der Waals surface area contributed by atoms with E-state index in [9.17, 15) is 13.2 Å². The zero-order valence-electron chi connectivity index (χ0n) is 13.6. The van der Waals surface area contributed by atoms with E-state index < -0.39 is 16.1 Å². The molecule has 1 fully saturated rings. The molecule has 0 unspecified atom stereocenters. The molecule has 1 aromatic rings. The maximum absolute atomic E-state index is 12.4. The molecule has 1 aliphatic rings. The van der Waals surface area contributed by atoms with Crippen LogP contribution in [0.2, 0.25) is 0 Å². The molecule has 0 heterocycles. The van der Waals surface area contributed by atoms with E-state index in [0.717, 1.165) is 30.2 Å². The van der Waals surface area contributed by atoms with Crippen LogP contribution in [0.5, 0.6) is 0 Å². The van der Waals surface area contributed by atoms with Crippen molar-refractivity contribution < 1.29 is 13.2 Å². The summed E-state index contributed by atoms with van der Waals surface area (Å²) in [6.07, 6.45) is 3.53. The summed E-state index contributed by atoms with van der Waals surface area (Å²) in [7, 11) is -3.55. The molecule has 0 aromatic heterocycles. The van der Waals surface area contributed by atoms with Gasteiger partial charge in [-0.05, 0) is 56.4 Å². The number of nitrogens with zero attached hydrogens (tertiary/aromatic N) is 1. The summed E-state index contributed by atoms with van der Waals surface area (Å²) in [5, 5.41) is 2.91. The fraction of sp³-hybridized carbons (Fsp3) is 0.562. The first-order valence-electron chi connectivity index (χ1n) is 7.61. The molecule has 1 aliphatic carbocycles. The van der Waals surface area contributed by atoms with Gasteiger partial charge in [-0.15, -0.1) is 0 Å².